The summed E-state index contributed by atoms with van der Waals surface area (Å²) in [5.41, 5.74) is 2.59. The van der Waals surface area contributed by atoms with Crippen LogP contribution in [-0.2, 0) is 10.8 Å². The fourth-order valence-corrected chi connectivity index (χ4v) is 3.58. The Morgan fingerprint density at radius 3 is 2.47 bits per heavy atom. The van der Waals surface area contributed by atoms with Gasteiger partial charge in [-0.05, 0) is 25.7 Å². The molecule has 7 heteroatoms. The zero-order valence-electron chi connectivity index (χ0n) is 10.8. The van der Waals surface area contributed by atoms with Crippen molar-refractivity contribution in [1.29, 1.82) is 0 Å². The molecule has 0 unspecified atom stereocenters. The molecule has 0 spiro atoms. The molecule has 0 radical (unpaired) electrons. The molecule has 0 aromatic carbocycles. The summed E-state index contributed by atoms with van der Waals surface area (Å²) in [4.78, 5) is 8.95. The molecule has 4 N–H and O–H groups in total. The Morgan fingerprint density at radius 2 is 1.84 bits per heavy atom. The predicted octanol–water partition coefficient (Wildman–Crippen LogP) is 0.963. The van der Waals surface area contributed by atoms with Crippen LogP contribution >= 0.6 is 0 Å². The number of anilines is 2. The highest BCUT2D eigenvalue weighted by Crippen LogP contribution is 2.38. The standard InChI is InChI=1S/C12H19N5OS/c13-17-11-7-10(15-12(16-11)8-1-2-8)14-9-3-5-19(18)6-4-9/h7-9H,1-6,13H2,(H2,14,15,16,17). The molecular formula is C12H19N5OS. The summed E-state index contributed by atoms with van der Waals surface area (Å²) in [7, 11) is -0.632. The molecule has 6 nitrogen and oxygen atoms in total. The van der Waals surface area contributed by atoms with Crippen LogP contribution in [0.1, 0.15) is 37.4 Å². The molecule has 1 aliphatic heterocycles. The number of hydrogen-bond acceptors (Lipinski definition) is 6. The van der Waals surface area contributed by atoms with Crippen molar-refractivity contribution in [3.63, 3.8) is 0 Å². The molecule has 2 heterocycles. The molecule has 1 aromatic rings. The van der Waals surface area contributed by atoms with Crippen molar-refractivity contribution in [2.24, 2.45) is 5.84 Å². The van der Waals surface area contributed by atoms with Crippen molar-refractivity contribution in [1.82, 2.24) is 9.97 Å². The van der Waals surface area contributed by atoms with Crippen molar-refractivity contribution in [2.45, 2.75) is 37.6 Å². The van der Waals surface area contributed by atoms with Crippen LogP contribution in [0.3, 0.4) is 0 Å². The van der Waals surface area contributed by atoms with Crippen LogP contribution in [0.2, 0.25) is 0 Å². The molecule has 104 valence electrons. The molecule has 3 rings (SSSR count). The maximum Gasteiger partial charge on any atom is 0.145 e. The third kappa shape index (κ3) is 3.22. The smallest absolute Gasteiger partial charge is 0.145 e. The van der Waals surface area contributed by atoms with Gasteiger partial charge < -0.3 is 10.7 Å². The number of nitrogens with two attached hydrogens (primary N) is 1. The molecule has 2 aliphatic rings. The van der Waals surface area contributed by atoms with Crippen molar-refractivity contribution in [2.75, 3.05) is 22.2 Å². The normalized spacial score (nSPS) is 27.0. The molecule has 19 heavy (non-hydrogen) atoms. The Labute approximate surface area is 115 Å². The SMILES string of the molecule is NNc1cc(NC2CCS(=O)CC2)nc(C2CC2)n1. The van der Waals surface area contributed by atoms with E-state index in [1.165, 1.54) is 0 Å². The van der Waals surface area contributed by atoms with Crippen LogP contribution in [0.4, 0.5) is 11.6 Å². The van der Waals surface area contributed by atoms with E-state index in [1.54, 1.807) is 0 Å². The van der Waals surface area contributed by atoms with Crippen molar-refractivity contribution < 1.29 is 4.21 Å². The number of nitrogens with one attached hydrogen (secondary N) is 2. The van der Waals surface area contributed by atoms with Gasteiger partial charge in [-0.2, -0.15) is 0 Å². The Hall–Kier alpha value is -1.21. The van der Waals surface area contributed by atoms with E-state index in [0.717, 1.165) is 48.8 Å². The predicted molar refractivity (Wildman–Crippen MR) is 76.3 cm³/mol. The first-order valence-corrected chi connectivity index (χ1v) is 8.20. The van der Waals surface area contributed by atoms with Crippen LogP contribution in [0.5, 0.6) is 0 Å². The van der Waals surface area contributed by atoms with E-state index in [4.69, 9.17) is 5.84 Å². The Bertz CT molecular complexity index is 481. The zero-order valence-corrected chi connectivity index (χ0v) is 11.6. The summed E-state index contributed by atoms with van der Waals surface area (Å²) in [6, 6.07) is 2.18. The van der Waals surface area contributed by atoms with E-state index in [0.29, 0.717) is 17.8 Å². The summed E-state index contributed by atoms with van der Waals surface area (Å²) < 4.78 is 11.3. The number of hydrazine groups is 1. The molecule has 1 saturated heterocycles. The lowest BCUT2D eigenvalue weighted by atomic mass is 10.1. The minimum Gasteiger partial charge on any atom is -0.367 e. The van der Waals surface area contributed by atoms with Crippen LogP contribution in [0.15, 0.2) is 6.07 Å². The van der Waals surface area contributed by atoms with Crippen LogP contribution < -0.4 is 16.6 Å². The van der Waals surface area contributed by atoms with Crippen LogP contribution in [-0.4, -0.2) is 31.7 Å². The lowest BCUT2D eigenvalue weighted by molar-refractivity contribution is 0.622. The topological polar surface area (TPSA) is 92.9 Å². The van der Waals surface area contributed by atoms with Gasteiger partial charge in [0.05, 0.1) is 0 Å². The average molecular weight is 281 g/mol. The minimum atomic E-state index is -0.632. The quantitative estimate of drug-likeness (QED) is 0.562. The van der Waals surface area contributed by atoms with E-state index in [2.05, 4.69) is 20.7 Å². The summed E-state index contributed by atoms with van der Waals surface area (Å²) in [5, 5.41) is 3.42. The largest absolute Gasteiger partial charge is 0.367 e. The molecular weight excluding hydrogens is 262 g/mol. The Balaban J connectivity index is 1.72. The highest BCUT2D eigenvalue weighted by atomic mass is 32.2. The number of nitrogen functional groups attached to an aromatic ring is 1. The van der Waals surface area contributed by atoms with E-state index < -0.39 is 10.8 Å². The molecule has 2 fully saturated rings. The number of aromatic nitrogens is 2. The van der Waals surface area contributed by atoms with Crippen molar-refractivity contribution in [3.8, 4) is 0 Å². The third-order valence-electron chi connectivity index (χ3n) is 3.57. The van der Waals surface area contributed by atoms with Gasteiger partial charge in [-0.3, -0.25) is 4.21 Å². The van der Waals surface area contributed by atoms with Crippen molar-refractivity contribution in [3.05, 3.63) is 11.9 Å². The van der Waals surface area contributed by atoms with Gasteiger partial charge in [0, 0.05) is 40.3 Å². The second-order valence-electron chi connectivity index (χ2n) is 5.18. The van der Waals surface area contributed by atoms with Crippen LogP contribution in [0.25, 0.3) is 0 Å². The maximum atomic E-state index is 11.3. The van der Waals surface area contributed by atoms with Gasteiger partial charge in [-0.25, -0.2) is 15.8 Å². The van der Waals surface area contributed by atoms with Gasteiger partial charge in [0.1, 0.15) is 17.5 Å². The first-order chi connectivity index (χ1) is 9.24. The van der Waals surface area contributed by atoms with E-state index >= 15 is 0 Å². The molecule has 0 bridgehead atoms. The highest BCUT2D eigenvalue weighted by molar-refractivity contribution is 7.85. The van der Waals surface area contributed by atoms with Gasteiger partial charge in [0.25, 0.3) is 0 Å². The minimum absolute atomic E-state index is 0.352. The number of hydrogen-bond donors (Lipinski definition) is 3. The summed E-state index contributed by atoms with van der Waals surface area (Å²) >= 11 is 0. The Morgan fingerprint density at radius 1 is 1.16 bits per heavy atom. The second kappa shape index (κ2) is 5.42. The highest BCUT2D eigenvalue weighted by Gasteiger charge is 2.27. The zero-order chi connectivity index (χ0) is 13.2. The Kier molecular flexibility index (Phi) is 3.65. The molecule has 1 aliphatic carbocycles. The molecule has 1 saturated carbocycles. The van der Waals surface area contributed by atoms with Gasteiger partial charge >= 0.3 is 0 Å². The first kappa shape index (κ1) is 12.8. The van der Waals surface area contributed by atoms with Crippen molar-refractivity contribution >= 4 is 22.4 Å². The average Bonchev–Trinajstić information content (AvgIpc) is 3.25. The first-order valence-electron chi connectivity index (χ1n) is 6.71. The van der Waals surface area contributed by atoms with Gasteiger partial charge in [0.15, 0.2) is 0 Å². The fraction of sp³-hybridized carbons (Fsp3) is 0.667. The van der Waals surface area contributed by atoms with E-state index in [-0.39, 0.29) is 0 Å². The maximum absolute atomic E-state index is 11.3. The number of rotatable bonds is 4. The summed E-state index contributed by atoms with van der Waals surface area (Å²) in [6.45, 7) is 0. The molecule has 1 aromatic heterocycles. The molecule has 0 amide bonds. The molecule has 0 atom stereocenters. The lowest BCUT2D eigenvalue weighted by Crippen LogP contribution is -2.30. The second-order valence-corrected chi connectivity index (χ2v) is 6.88. The lowest BCUT2D eigenvalue weighted by Gasteiger charge is -2.23. The van der Waals surface area contributed by atoms with Gasteiger partial charge in [-0.15, -0.1) is 0 Å². The van der Waals surface area contributed by atoms with E-state index in [9.17, 15) is 4.21 Å². The van der Waals surface area contributed by atoms with Gasteiger partial charge in [0.2, 0.25) is 0 Å². The summed E-state index contributed by atoms with van der Waals surface area (Å²) in [5.74, 6) is 9.85. The fourth-order valence-electron chi connectivity index (χ4n) is 2.29. The monoisotopic (exact) mass is 281 g/mol. The third-order valence-corrected chi connectivity index (χ3v) is 4.96. The number of nitrogens with zero attached hydrogens (tertiary/aromatic N) is 2. The summed E-state index contributed by atoms with van der Waals surface area (Å²) in [6.07, 6.45) is 4.19. The van der Waals surface area contributed by atoms with Crippen LogP contribution in [0, 0.1) is 0 Å². The van der Waals surface area contributed by atoms with Gasteiger partial charge in [-0.1, -0.05) is 0 Å². The van der Waals surface area contributed by atoms with E-state index in [1.807, 2.05) is 6.07 Å².